The fourth-order valence-corrected chi connectivity index (χ4v) is 2.50. The molecule has 1 aromatic rings. The average Bonchev–Trinajstić information content (AvgIpc) is 2.94. The lowest BCUT2D eigenvalue weighted by Gasteiger charge is -2.27. The number of ether oxygens (including phenoxy) is 2. The van der Waals surface area contributed by atoms with E-state index in [2.05, 4.69) is 4.98 Å². The summed E-state index contributed by atoms with van der Waals surface area (Å²) < 4.78 is 10.6. The van der Waals surface area contributed by atoms with Crippen molar-refractivity contribution in [2.24, 2.45) is 0 Å². The van der Waals surface area contributed by atoms with Crippen LogP contribution in [0.3, 0.4) is 0 Å². The number of hydrogen-bond acceptors (Lipinski definition) is 5. The maximum absolute atomic E-state index is 12.3. The Morgan fingerprint density at radius 1 is 1.43 bits per heavy atom. The predicted octanol–water partition coefficient (Wildman–Crippen LogP) is 3.18. The van der Waals surface area contributed by atoms with Crippen molar-refractivity contribution < 1.29 is 19.1 Å². The SMILES string of the molecule is CC(C)(C)OC(=O)N1CCCC1C(=O)OCc1cccnc1Cl. The number of nitrogens with zero attached hydrogens (tertiary/aromatic N) is 2. The predicted molar refractivity (Wildman–Crippen MR) is 85.0 cm³/mol. The molecule has 126 valence electrons. The van der Waals surface area contributed by atoms with Gasteiger partial charge in [0, 0.05) is 18.3 Å². The van der Waals surface area contributed by atoms with Gasteiger partial charge < -0.3 is 9.47 Å². The highest BCUT2D eigenvalue weighted by molar-refractivity contribution is 6.30. The molecule has 2 rings (SSSR count). The second-order valence-corrected chi connectivity index (χ2v) is 6.75. The van der Waals surface area contributed by atoms with Crippen LogP contribution < -0.4 is 0 Å². The maximum atomic E-state index is 12.3. The molecule has 1 fully saturated rings. The average molecular weight is 341 g/mol. The van der Waals surface area contributed by atoms with Gasteiger partial charge in [-0.1, -0.05) is 17.7 Å². The molecule has 23 heavy (non-hydrogen) atoms. The van der Waals surface area contributed by atoms with Crippen LogP contribution in [0.5, 0.6) is 0 Å². The fourth-order valence-electron chi connectivity index (χ4n) is 2.32. The number of likely N-dealkylation sites (tertiary alicyclic amines) is 1. The molecule has 1 unspecified atom stereocenters. The zero-order chi connectivity index (χ0) is 17.0. The zero-order valence-electron chi connectivity index (χ0n) is 13.5. The molecule has 0 aromatic carbocycles. The Morgan fingerprint density at radius 3 is 2.83 bits per heavy atom. The van der Waals surface area contributed by atoms with E-state index in [1.165, 1.54) is 4.90 Å². The van der Waals surface area contributed by atoms with Gasteiger partial charge in [-0.15, -0.1) is 0 Å². The van der Waals surface area contributed by atoms with Gasteiger partial charge in [0.2, 0.25) is 0 Å². The van der Waals surface area contributed by atoms with Crippen molar-refractivity contribution in [1.82, 2.24) is 9.88 Å². The van der Waals surface area contributed by atoms with E-state index >= 15 is 0 Å². The van der Waals surface area contributed by atoms with Gasteiger partial charge >= 0.3 is 12.1 Å². The Hall–Kier alpha value is -1.82. The van der Waals surface area contributed by atoms with Crippen molar-refractivity contribution in [2.75, 3.05) is 6.54 Å². The lowest BCUT2D eigenvalue weighted by Crippen LogP contribution is -2.44. The number of halogens is 1. The first-order chi connectivity index (χ1) is 10.8. The molecule has 0 saturated carbocycles. The summed E-state index contributed by atoms with van der Waals surface area (Å²) in [6, 6.07) is 2.85. The van der Waals surface area contributed by atoms with Crippen LogP contribution in [0.4, 0.5) is 4.79 Å². The number of rotatable bonds is 3. The number of aromatic nitrogens is 1. The third-order valence-electron chi connectivity index (χ3n) is 3.36. The van der Waals surface area contributed by atoms with Crippen LogP contribution in [-0.4, -0.2) is 40.1 Å². The molecule has 0 N–H and O–H groups in total. The summed E-state index contributed by atoms with van der Waals surface area (Å²) >= 11 is 5.93. The summed E-state index contributed by atoms with van der Waals surface area (Å²) in [5.41, 5.74) is 0.0292. The Morgan fingerprint density at radius 2 is 2.17 bits per heavy atom. The Balaban J connectivity index is 1.95. The van der Waals surface area contributed by atoms with Gasteiger partial charge in [-0.3, -0.25) is 4.90 Å². The summed E-state index contributed by atoms with van der Waals surface area (Å²) in [6.45, 7) is 5.89. The minimum Gasteiger partial charge on any atom is -0.459 e. The molecule has 1 atom stereocenters. The van der Waals surface area contributed by atoms with E-state index in [9.17, 15) is 9.59 Å². The number of pyridine rings is 1. The maximum Gasteiger partial charge on any atom is 0.411 e. The summed E-state index contributed by atoms with van der Waals surface area (Å²) in [6.07, 6.45) is 2.39. The molecule has 0 spiro atoms. The molecule has 7 heteroatoms. The van der Waals surface area contributed by atoms with Crippen molar-refractivity contribution in [2.45, 2.75) is 51.9 Å². The van der Waals surface area contributed by atoms with Crippen LogP contribution in [-0.2, 0) is 20.9 Å². The molecule has 0 radical (unpaired) electrons. The smallest absolute Gasteiger partial charge is 0.411 e. The van der Waals surface area contributed by atoms with Crippen LogP contribution in [0.25, 0.3) is 0 Å². The number of esters is 1. The molecule has 1 aromatic heterocycles. The monoisotopic (exact) mass is 340 g/mol. The van der Waals surface area contributed by atoms with Gasteiger partial charge in [-0.25, -0.2) is 14.6 Å². The van der Waals surface area contributed by atoms with Gasteiger partial charge in [-0.05, 0) is 39.7 Å². The van der Waals surface area contributed by atoms with E-state index in [-0.39, 0.29) is 6.61 Å². The lowest BCUT2D eigenvalue weighted by molar-refractivity contribution is -0.150. The van der Waals surface area contributed by atoms with E-state index in [1.807, 2.05) is 0 Å². The Labute approximate surface area is 140 Å². The fraction of sp³-hybridized carbons (Fsp3) is 0.562. The van der Waals surface area contributed by atoms with Crippen molar-refractivity contribution in [3.63, 3.8) is 0 Å². The van der Waals surface area contributed by atoms with Gasteiger partial charge in [0.1, 0.15) is 23.4 Å². The van der Waals surface area contributed by atoms with E-state index < -0.39 is 23.7 Å². The molecule has 1 amide bonds. The third-order valence-corrected chi connectivity index (χ3v) is 3.70. The molecule has 1 saturated heterocycles. The Kier molecular flexibility index (Phi) is 5.46. The highest BCUT2D eigenvalue weighted by Gasteiger charge is 2.37. The normalized spacial score (nSPS) is 17.9. The molecule has 1 aliphatic heterocycles. The van der Waals surface area contributed by atoms with Crippen molar-refractivity contribution >= 4 is 23.7 Å². The van der Waals surface area contributed by atoms with Gasteiger partial charge in [0.15, 0.2) is 0 Å². The van der Waals surface area contributed by atoms with Crippen molar-refractivity contribution in [3.05, 3.63) is 29.0 Å². The first kappa shape index (κ1) is 17.5. The molecular formula is C16H21ClN2O4. The van der Waals surface area contributed by atoms with Gasteiger partial charge in [-0.2, -0.15) is 0 Å². The van der Waals surface area contributed by atoms with Crippen LogP contribution in [0.1, 0.15) is 39.2 Å². The van der Waals surface area contributed by atoms with E-state index in [0.717, 1.165) is 6.42 Å². The highest BCUT2D eigenvalue weighted by atomic mass is 35.5. The summed E-state index contributed by atoms with van der Waals surface area (Å²) in [5, 5.41) is 0.302. The molecule has 1 aliphatic rings. The summed E-state index contributed by atoms with van der Waals surface area (Å²) in [7, 11) is 0. The third kappa shape index (κ3) is 4.82. The standard InChI is InChI=1S/C16H21ClN2O4/c1-16(2,3)23-15(21)19-9-5-7-12(19)14(20)22-10-11-6-4-8-18-13(11)17/h4,6,8,12H,5,7,9-10H2,1-3H3. The van der Waals surface area contributed by atoms with Crippen LogP contribution in [0, 0.1) is 0 Å². The number of hydrogen-bond donors (Lipinski definition) is 0. The molecule has 0 aliphatic carbocycles. The second-order valence-electron chi connectivity index (χ2n) is 6.39. The number of carbonyl (C=O) groups is 2. The zero-order valence-corrected chi connectivity index (χ0v) is 14.3. The molecular weight excluding hydrogens is 320 g/mol. The van der Waals surface area contributed by atoms with Crippen molar-refractivity contribution in [1.29, 1.82) is 0 Å². The Bertz CT molecular complexity index is 586. The number of amides is 1. The van der Waals surface area contributed by atoms with E-state index in [0.29, 0.717) is 23.7 Å². The first-order valence-corrected chi connectivity index (χ1v) is 7.91. The van der Waals surface area contributed by atoms with Crippen LogP contribution in [0.15, 0.2) is 18.3 Å². The quantitative estimate of drug-likeness (QED) is 0.624. The molecule has 6 nitrogen and oxygen atoms in total. The topological polar surface area (TPSA) is 68.7 Å². The first-order valence-electron chi connectivity index (χ1n) is 7.53. The summed E-state index contributed by atoms with van der Waals surface area (Å²) in [4.78, 5) is 29.8. The highest BCUT2D eigenvalue weighted by Crippen LogP contribution is 2.22. The van der Waals surface area contributed by atoms with Crippen LogP contribution in [0.2, 0.25) is 5.15 Å². The minimum absolute atomic E-state index is 0.0319. The summed E-state index contributed by atoms with van der Waals surface area (Å²) in [5.74, 6) is -0.451. The van der Waals surface area contributed by atoms with E-state index in [1.54, 1.807) is 39.1 Å². The van der Waals surface area contributed by atoms with Crippen LogP contribution >= 0.6 is 11.6 Å². The van der Waals surface area contributed by atoms with Gasteiger partial charge in [0.25, 0.3) is 0 Å². The molecule has 2 heterocycles. The molecule has 0 bridgehead atoms. The lowest BCUT2D eigenvalue weighted by atomic mass is 10.2. The number of carbonyl (C=O) groups excluding carboxylic acids is 2. The van der Waals surface area contributed by atoms with E-state index in [4.69, 9.17) is 21.1 Å². The minimum atomic E-state index is -0.611. The largest absolute Gasteiger partial charge is 0.459 e. The van der Waals surface area contributed by atoms with Gasteiger partial charge in [0.05, 0.1) is 0 Å². The van der Waals surface area contributed by atoms with Crippen molar-refractivity contribution in [3.8, 4) is 0 Å². The second kappa shape index (κ2) is 7.17.